The van der Waals surface area contributed by atoms with Crippen LogP contribution >= 0.6 is 11.8 Å². The van der Waals surface area contributed by atoms with Gasteiger partial charge in [0.1, 0.15) is 5.82 Å². The number of rotatable bonds is 2. The molecule has 0 aliphatic carbocycles. The molecule has 2 rings (SSSR count). The maximum atomic E-state index is 12.6. The van der Waals surface area contributed by atoms with Gasteiger partial charge in [0.15, 0.2) is 0 Å². The van der Waals surface area contributed by atoms with Crippen molar-refractivity contribution in [2.45, 2.75) is 24.2 Å². The predicted molar refractivity (Wildman–Crippen MR) is 56.8 cm³/mol. The zero-order valence-corrected chi connectivity index (χ0v) is 8.64. The van der Waals surface area contributed by atoms with Crippen LogP contribution in [0.5, 0.6) is 0 Å². The third-order valence-corrected chi connectivity index (χ3v) is 3.97. The van der Waals surface area contributed by atoms with Gasteiger partial charge in [-0.2, -0.15) is 11.8 Å². The van der Waals surface area contributed by atoms with Crippen molar-refractivity contribution in [2.75, 3.05) is 5.75 Å². The van der Waals surface area contributed by atoms with Gasteiger partial charge >= 0.3 is 0 Å². The molecular weight excluding hydrogens is 199 g/mol. The fourth-order valence-electron chi connectivity index (χ4n) is 1.73. The second-order valence-corrected chi connectivity index (χ2v) is 4.89. The van der Waals surface area contributed by atoms with Crippen LogP contribution in [0, 0.1) is 5.82 Å². The van der Waals surface area contributed by atoms with Crippen LogP contribution in [0.4, 0.5) is 4.39 Å². The van der Waals surface area contributed by atoms with Gasteiger partial charge in [-0.3, -0.25) is 0 Å². The number of thioether (sulfide) groups is 1. The smallest absolute Gasteiger partial charge is 0.123 e. The van der Waals surface area contributed by atoms with E-state index < -0.39 is 6.10 Å². The van der Waals surface area contributed by atoms with Gasteiger partial charge in [0, 0.05) is 5.25 Å². The van der Waals surface area contributed by atoms with Gasteiger partial charge in [-0.1, -0.05) is 12.1 Å². The van der Waals surface area contributed by atoms with Crippen LogP contribution in [0.25, 0.3) is 0 Å². The van der Waals surface area contributed by atoms with E-state index in [4.69, 9.17) is 0 Å². The van der Waals surface area contributed by atoms with Crippen LogP contribution in [0.1, 0.15) is 24.5 Å². The highest BCUT2D eigenvalue weighted by Crippen LogP contribution is 2.35. The highest BCUT2D eigenvalue weighted by Gasteiger charge is 2.24. The van der Waals surface area contributed by atoms with Crippen LogP contribution in [0.2, 0.25) is 0 Å². The van der Waals surface area contributed by atoms with Crippen molar-refractivity contribution in [3.05, 3.63) is 35.6 Å². The minimum absolute atomic E-state index is 0.250. The molecule has 1 aliphatic heterocycles. The fourth-order valence-corrected chi connectivity index (χ4v) is 3.04. The van der Waals surface area contributed by atoms with Gasteiger partial charge in [0.05, 0.1) is 6.10 Å². The second-order valence-electron chi connectivity index (χ2n) is 3.55. The van der Waals surface area contributed by atoms with Gasteiger partial charge in [-0.25, -0.2) is 4.39 Å². The van der Waals surface area contributed by atoms with Crippen molar-refractivity contribution in [1.82, 2.24) is 0 Å². The minimum atomic E-state index is -0.442. The Labute approximate surface area is 87.3 Å². The molecule has 2 unspecified atom stereocenters. The standard InChI is InChI=1S/C11H13FOS/c12-9-5-3-8(4-6-9)11(13)10-2-1-7-14-10/h3-6,10-11,13H,1-2,7H2. The third-order valence-electron chi connectivity index (χ3n) is 2.53. The number of aliphatic hydroxyl groups is 1. The summed E-state index contributed by atoms with van der Waals surface area (Å²) in [5, 5.41) is 10.3. The van der Waals surface area contributed by atoms with Gasteiger partial charge in [0.2, 0.25) is 0 Å². The summed E-state index contributed by atoms with van der Waals surface area (Å²) < 4.78 is 12.6. The minimum Gasteiger partial charge on any atom is -0.387 e. The van der Waals surface area contributed by atoms with E-state index in [2.05, 4.69) is 0 Å². The Morgan fingerprint density at radius 1 is 1.36 bits per heavy atom. The van der Waals surface area contributed by atoms with E-state index in [1.165, 1.54) is 18.6 Å². The van der Waals surface area contributed by atoms with E-state index in [1.807, 2.05) is 0 Å². The van der Waals surface area contributed by atoms with E-state index in [0.29, 0.717) is 5.25 Å². The molecule has 2 atom stereocenters. The Balaban J connectivity index is 2.09. The first-order chi connectivity index (χ1) is 6.77. The zero-order chi connectivity index (χ0) is 9.97. The van der Waals surface area contributed by atoms with E-state index in [1.54, 1.807) is 23.9 Å². The average Bonchev–Trinajstić information content (AvgIpc) is 2.71. The van der Waals surface area contributed by atoms with Crippen molar-refractivity contribution in [1.29, 1.82) is 0 Å². The molecule has 0 bridgehead atoms. The summed E-state index contributed by atoms with van der Waals surface area (Å²) in [5.41, 5.74) is 0.825. The molecular formula is C11H13FOS. The molecule has 1 aromatic carbocycles. The monoisotopic (exact) mass is 212 g/mol. The predicted octanol–water partition coefficient (Wildman–Crippen LogP) is 2.75. The van der Waals surface area contributed by atoms with E-state index >= 15 is 0 Å². The molecule has 3 heteroatoms. The van der Waals surface area contributed by atoms with Gasteiger partial charge in [-0.05, 0) is 36.3 Å². The number of benzene rings is 1. The zero-order valence-electron chi connectivity index (χ0n) is 7.82. The van der Waals surface area contributed by atoms with Crippen LogP contribution < -0.4 is 0 Å². The van der Waals surface area contributed by atoms with Gasteiger partial charge in [0.25, 0.3) is 0 Å². The van der Waals surface area contributed by atoms with E-state index in [0.717, 1.165) is 17.7 Å². The molecule has 0 radical (unpaired) electrons. The number of hydrogen-bond acceptors (Lipinski definition) is 2. The Hall–Kier alpha value is -0.540. The first-order valence-electron chi connectivity index (χ1n) is 4.82. The Kier molecular flexibility index (Phi) is 3.08. The quantitative estimate of drug-likeness (QED) is 0.813. The molecule has 0 amide bonds. The number of halogens is 1. The molecule has 0 saturated carbocycles. The summed E-state index contributed by atoms with van der Waals surface area (Å²) in [7, 11) is 0. The van der Waals surface area contributed by atoms with Crippen LogP contribution in [0.3, 0.4) is 0 Å². The molecule has 1 aromatic rings. The molecule has 14 heavy (non-hydrogen) atoms. The van der Waals surface area contributed by atoms with Gasteiger partial charge in [-0.15, -0.1) is 0 Å². The summed E-state index contributed by atoms with van der Waals surface area (Å²) in [5.74, 6) is 0.878. The molecule has 1 aliphatic rings. The van der Waals surface area contributed by atoms with Crippen LogP contribution in [0.15, 0.2) is 24.3 Å². The van der Waals surface area contributed by atoms with Gasteiger partial charge < -0.3 is 5.11 Å². The lowest BCUT2D eigenvalue weighted by atomic mass is 10.0. The van der Waals surface area contributed by atoms with E-state index in [-0.39, 0.29) is 5.82 Å². The Morgan fingerprint density at radius 2 is 2.07 bits per heavy atom. The number of hydrogen-bond donors (Lipinski definition) is 1. The molecule has 0 aromatic heterocycles. The van der Waals surface area contributed by atoms with Crippen molar-refractivity contribution in [3.8, 4) is 0 Å². The second kappa shape index (κ2) is 4.32. The lowest BCUT2D eigenvalue weighted by molar-refractivity contribution is 0.173. The highest BCUT2D eigenvalue weighted by atomic mass is 32.2. The summed E-state index contributed by atoms with van der Waals surface area (Å²) in [6.45, 7) is 0. The molecule has 0 spiro atoms. The Morgan fingerprint density at radius 3 is 2.64 bits per heavy atom. The lowest BCUT2D eigenvalue weighted by Gasteiger charge is -2.17. The van der Waals surface area contributed by atoms with Crippen molar-refractivity contribution >= 4 is 11.8 Å². The Bertz CT molecular complexity index is 293. The molecule has 76 valence electrons. The van der Waals surface area contributed by atoms with E-state index in [9.17, 15) is 9.50 Å². The maximum Gasteiger partial charge on any atom is 0.123 e. The summed E-state index contributed by atoms with van der Waals surface area (Å²) in [4.78, 5) is 0. The largest absolute Gasteiger partial charge is 0.387 e. The molecule has 1 heterocycles. The summed E-state index contributed by atoms with van der Waals surface area (Å²) >= 11 is 1.81. The summed E-state index contributed by atoms with van der Waals surface area (Å²) in [6, 6.07) is 6.13. The normalized spacial score (nSPS) is 23.7. The first kappa shape index (κ1) is 9.99. The average molecular weight is 212 g/mol. The molecule has 1 N–H and O–H groups in total. The first-order valence-corrected chi connectivity index (χ1v) is 5.87. The summed E-state index contributed by atoms with van der Waals surface area (Å²) in [6.07, 6.45) is 1.79. The van der Waals surface area contributed by atoms with Crippen molar-refractivity contribution in [2.24, 2.45) is 0 Å². The molecule has 1 saturated heterocycles. The topological polar surface area (TPSA) is 20.2 Å². The van der Waals surface area contributed by atoms with Crippen LogP contribution in [-0.2, 0) is 0 Å². The molecule has 1 fully saturated rings. The number of aliphatic hydroxyl groups excluding tert-OH is 1. The molecule has 1 nitrogen and oxygen atoms in total. The van der Waals surface area contributed by atoms with Crippen molar-refractivity contribution < 1.29 is 9.50 Å². The van der Waals surface area contributed by atoms with Crippen LogP contribution in [-0.4, -0.2) is 16.1 Å². The maximum absolute atomic E-state index is 12.6. The SMILES string of the molecule is OC(c1ccc(F)cc1)C1CCCS1. The highest BCUT2D eigenvalue weighted by molar-refractivity contribution is 8.00. The lowest BCUT2D eigenvalue weighted by Crippen LogP contribution is -2.11. The van der Waals surface area contributed by atoms with Crippen molar-refractivity contribution in [3.63, 3.8) is 0 Å². The third kappa shape index (κ3) is 2.10. The fraction of sp³-hybridized carbons (Fsp3) is 0.455.